The number of halogens is 1. The summed E-state index contributed by atoms with van der Waals surface area (Å²) >= 11 is 3.38. The standard InChI is InChI=1S/C13H25BrN2O2/c1-15-8-5-12(6-9-15)16(10-11-17)13(18)4-2-3-7-14/h12,17H,2-11H2,1H3. The number of aliphatic hydroxyl groups is 1. The molecule has 1 aliphatic rings. The number of piperidine rings is 1. The van der Waals surface area contributed by atoms with Crippen LogP contribution in [0.1, 0.15) is 32.1 Å². The Bertz CT molecular complexity index is 243. The van der Waals surface area contributed by atoms with E-state index >= 15 is 0 Å². The monoisotopic (exact) mass is 320 g/mol. The number of hydrogen-bond acceptors (Lipinski definition) is 3. The molecule has 1 fully saturated rings. The van der Waals surface area contributed by atoms with Crippen LogP contribution in [0.2, 0.25) is 0 Å². The van der Waals surface area contributed by atoms with Gasteiger partial charge in [-0.25, -0.2) is 0 Å². The lowest BCUT2D eigenvalue weighted by molar-refractivity contribution is -0.135. The molecule has 0 aromatic carbocycles. The minimum absolute atomic E-state index is 0.0660. The Balaban J connectivity index is 2.44. The van der Waals surface area contributed by atoms with Crippen LogP contribution in [0.15, 0.2) is 0 Å². The molecule has 0 spiro atoms. The molecular formula is C13H25BrN2O2. The third-order valence-corrected chi connectivity index (χ3v) is 4.13. The fourth-order valence-electron chi connectivity index (χ4n) is 2.44. The number of unbranched alkanes of at least 4 members (excludes halogenated alkanes) is 1. The maximum Gasteiger partial charge on any atom is 0.222 e. The van der Waals surface area contributed by atoms with Crippen molar-refractivity contribution in [2.45, 2.75) is 38.1 Å². The lowest BCUT2D eigenvalue weighted by Gasteiger charge is -2.37. The van der Waals surface area contributed by atoms with Crippen molar-refractivity contribution in [1.82, 2.24) is 9.80 Å². The van der Waals surface area contributed by atoms with Gasteiger partial charge in [0, 0.05) is 24.3 Å². The van der Waals surface area contributed by atoms with Gasteiger partial charge in [-0.15, -0.1) is 0 Å². The van der Waals surface area contributed by atoms with E-state index in [0.29, 0.717) is 19.0 Å². The van der Waals surface area contributed by atoms with Gasteiger partial charge in [0.1, 0.15) is 0 Å². The summed E-state index contributed by atoms with van der Waals surface area (Å²) in [5.41, 5.74) is 0. The molecule has 1 heterocycles. The second-order valence-electron chi connectivity index (χ2n) is 4.99. The zero-order valence-electron chi connectivity index (χ0n) is 11.3. The number of amides is 1. The van der Waals surface area contributed by atoms with Gasteiger partial charge in [-0.05, 0) is 45.8 Å². The average Bonchev–Trinajstić information content (AvgIpc) is 2.37. The van der Waals surface area contributed by atoms with Crippen molar-refractivity contribution >= 4 is 21.8 Å². The molecule has 0 aliphatic carbocycles. The minimum Gasteiger partial charge on any atom is -0.395 e. The molecule has 1 amide bonds. The largest absolute Gasteiger partial charge is 0.395 e. The highest BCUT2D eigenvalue weighted by Crippen LogP contribution is 2.17. The zero-order valence-corrected chi connectivity index (χ0v) is 12.9. The molecule has 0 unspecified atom stereocenters. The summed E-state index contributed by atoms with van der Waals surface area (Å²) in [5, 5.41) is 10.1. The van der Waals surface area contributed by atoms with Gasteiger partial charge in [-0.2, -0.15) is 0 Å². The molecule has 18 heavy (non-hydrogen) atoms. The summed E-state index contributed by atoms with van der Waals surface area (Å²) in [7, 11) is 2.12. The van der Waals surface area contributed by atoms with Crippen LogP contribution in [0.25, 0.3) is 0 Å². The first-order chi connectivity index (χ1) is 8.69. The number of nitrogens with zero attached hydrogens (tertiary/aromatic N) is 2. The van der Waals surface area contributed by atoms with Crippen molar-refractivity contribution < 1.29 is 9.90 Å². The molecule has 0 bridgehead atoms. The first-order valence-electron chi connectivity index (χ1n) is 6.84. The van der Waals surface area contributed by atoms with Gasteiger partial charge in [0.15, 0.2) is 0 Å². The quantitative estimate of drug-likeness (QED) is 0.570. The van der Waals surface area contributed by atoms with Crippen LogP contribution in [0.3, 0.4) is 0 Å². The van der Waals surface area contributed by atoms with E-state index in [4.69, 9.17) is 5.11 Å². The summed E-state index contributed by atoms with van der Waals surface area (Å²) in [6, 6.07) is 0.324. The van der Waals surface area contributed by atoms with Crippen molar-refractivity contribution in [2.24, 2.45) is 0 Å². The van der Waals surface area contributed by atoms with Crippen LogP contribution in [-0.4, -0.2) is 65.5 Å². The Kier molecular flexibility index (Phi) is 7.86. The highest BCUT2D eigenvalue weighted by Gasteiger charge is 2.25. The van der Waals surface area contributed by atoms with Crippen molar-refractivity contribution in [3.63, 3.8) is 0 Å². The van der Waals surface area contributed by atoms with Crippen LogP contribution in [-0.2, 0) is 4.79 Å². The molecule has 1 aliphatic heterocycles. The maximum atomic E-state index is 12.2. The van der Waals surface area contributed by atoms with Gasteiger partial charge in [0.2, 0.25) is 5.91 Å². The maximum absolute atomic E-state index is 12.2. The number of aliphatic hydroxyl groups excluding tert-OH is 1. The van der Waals surface area contributed by atoms with Gasteiger partial charge in [-0.1, -0.05) is 15.9 Å². The van der Waals surface area contributed by atoms with E-state index in [9.17, 15) is 4.79 Å². The number of rotatable bonds is 7. The smallest absolute Gasteiger partial charge is 0.222 e. The van der Waals surface area contributed by atoms with E-state index < -0.39 is 0 Å². The number of hydrogen-bond donors (Lipinski definition) is 1. The molecule has 0 radical (unpaired) electrons. The number of likely N-dealkylation sites (tertiary alicyclic amines) is 1. The molecular weight excluding hydrogens is 296 g/mol. The normalized spacial score (nSPS) is 17.9. The summed E-state index contributed by atoms with van der Waals surface area (Å²) in [6.07, 6.45) is 4.63. The summed E-state index contributed by atoms with van der Waals surface area (Å²) in [4.78, 5) is 16.4. The predicted molar refractivity (Wildman–Crippen MR) is 77.0 cm³/mol. The van der Waals surface area contributed by atoms with E-state index in [1.807, 2.05) is 4.90 Å². The molecule has 0 aromatic rings. The molecule has 5 heteroatoms. The number of alkyl halides is 1. The summed E-state index contributed by atoms with van der Waals surface area (Å²) < 4.78 is 0. The lowest BCUT2D eigenvalue weighted by atomic mass is 10.0. The van der Waals surface area contributed by atoms with Gasteiger partial charge in [0.05, 0.1) is 6.61 Å². The Labute approximate surface area is 118 Å². The SMILES string of the molecule is CN1CCC(N(CCO)C(=O)CCCCBr)CC1. The van der Waals surface area contributed by atoms with Crippen LogP contribution in [0, 0.1) is 0 Å². The Morgan fingerprint density at radius 3 is 2.61 bits per heavy atom. The fraction of sp³-hybridized carbons (Fsp3) is 0.923. The average molecular weight is 321 g/mol. The van der Waals surface area contributed by atoms with E-state index in [1.165, 1.54) is 0 Å². The Hall–Kier alpha value is -0.130. The van der Waals surface area contributed by atoms with Crippen molar-refractivity contribution in [2.75, 3.05) is 38.6 Å². The molecule has 0 atom stereocenters. The van der Waals surface area contributed by atoms with E-state index in [-0.39, 0.29) is 12.5 Å². The van der Waals surface area contributed by atoms with Crippen molar-refractivity contribution in [1.29, 1.82) is 0 Å². The Morgan fingerprint density at radius 2 is 2.06 bits per heavy atom. The molecule has 1 N–H and O–H groups in total. The van der Waals surface area contributed by atoms with E-state index in [2.05, 4.69) is 27.9 Å². The van der Waals surface area contributed by atoms with Gasteiger partial charge in [0.25, 0.3) is 0 Å². The summed E-state index contributed by atoms with van der Waals surface area (Å²) in [5.74, 6) is 0.208. The highest BCUT2D eigenvalue weighted by atomic mass is 79.9. The second kappa shape index (κ2) is 8.88. The van der Waals surface area contributed by atoms with E-state index in [0.717, 1.165) is 44.1 Å². The lowest BCUT2D eigenvalue weighted by Crippen LogP contribution is -2.47. The topological polar surface area (TPSA) is 43.8 Å². The highest BCUT2D eigenvalue weighted by molar-refractivity contribution is 9.09. The first kappa shape index (κ1) is 15.9. The van der Waals surface area contributed by atoms with E-state index in [1.54, 1.807) is 0 Å². The van der Waals surface area contributed by atoms with Gasteiger partial charge >= 0.3 is 0 Å². The van der Waals surface area contributed by atoms with Gasteiger partial charge < -0.3 is 14.9 Å². The van der Waals surface area contributed by atoms with Crippen molar-refractivity contribution in [3.8, 4) is 0 Å². The van der Waals surface area contributed by atoms with Crippen LogP contribution in [0.5, 0.6) is 0 Å². The number of carbonyl (C=O) groups excluding carboxylic acids is 1. The fourth-order valence-corrected chi connectivity index (χ4v) is 2.84. The molecule has 4 nitrogen and oxygen atoms in total. The molecule has 0 saturated carbocycles. The second-order valence-corrected chi connectivity index (χ2v) is 5.78. The predicted octanol–water partition coefficient (Wildman–Crippen LogP) is 1.47. The summed E-state index contributed by atoms with van der Waals surface area (Å²) in [6.45, 7) is 2.64. The third-order valence-electron chi connectivity index (χ3n) is 3.56. The molecule has 106 valence electrons. The van der Waals surface area contributed by atoms with Crippen molar-refractivity contribution in [3.05, 3.63) is 0 Å². The van der Waals surface area contributed by atoms with Crippen LogP contribution >= 0.6 is 15.9 Å². The Morgan fingerprint density at radius 1 is 1.39 bits per heavy atom. The third kappa shape index (κ3) is 5.24. The molecule has 1 rings (SSSR count). The molecule has 0 aromatic heterocycles. The minimum atomic E-state index is 0.0660. The zero-order chi connectivity index (χ0) is 13.4. The van der Waals surface area contributed by atoms with Crippen LogP contribution < -0.4 is 0 Å². The first-order valence-corrected chi connectivity index (χ1v) is 7.96. The number of carbonyl (C=O) groups is 1. The molecule has 1 saturated heterocycles. The van der Waals surface area contributed by atoms with Gasteiger partial charge in [-0.3, -0.25) is 4.79 Å². The van der Waals surface area contributed by atoms with Crippen LogP contribution in [0.4, 0.5) is 0 Å².